The van der Waals surface area contributed by atoms with Gasteiger partial charge in [0.1, 0.15) is 0 Å². The van der Waals surface area contributed by atoms with Crippen molar-refractivity contribution in [2.45, 2.75) is 12.6 Å². The molecule has 1 saturated heterocycles. The maximum Gasteiger partial charge on any atom is 0.254 e. The lowest BCUT2D eigenvalue weighted by molar-refractivity contribution is 0.00589. The summed E-state index contributed by atoms with van der Waals surface area (Å²) >= 11 is 0. The van der Waals surface area contributed by atoms with Gasteiger partial charge in [-0.05, 0) is 17.7 Å². The summed E-state index contributed by atoms with van der Waals surface area (Å²) in [6.07, 6.45) is -0.392. The van der Waals surface area contributed by atoms with Crippen molar-refractivity contribution in [2.24, 2.45) is 0 Å². The first-order valence-corrected chi connectivity index (χ1v) is 5.87. The molecule has 1 aliphatic rings. The minimum atomic E-state index is -0.392. The van der Waals surface area contributed by atoms with E-state index >= 15 is 0 Å². The zero-order valence-corrected chi connectivity index (χ0v) is 10.2. The Morgan fingerprint density at radius 1 is 1.44 bits per heavy atom. The lowest BCUT2D eigenvalue weighted by Gasteiger charge is -2.35. The SMILES string of the molecule is BC(=O)NCc1cccc(C(=O)N2CC(O)C2)c1. The van der Waals surface area contributed by atoms with Crippen molar-refractivity contribution in [1.82, 2.24) is 10.2 Å². The van der Waals surface area contributed by atoms with Gasteiger partial charge in [0.2, 0.25) is 7.85 Å². The van der Waals surface area contributed by atoms with Crippen LogP contribution >= 0.6 is 0 Å². The van der Waals surface area contributed by atoms with Gasteiger partial charge in [0, 0.05) is 25.2 Å². The molecule has 0 radical (unpaired) electrons. The number of hydrogen-bond acceptors (Lipinski definition) is 3. The molecule has 94 valence electrons. The molecular formula is C12H15BN2O3. The summed E-state index contributed by atoms with van der Waals surface area (Å²) in [4.78, 5) is 24.4. The molecule has 1 aromatic carbocycles. The number of carbonyl (C=O) groups excluding carboxylic acids is 2. The molecule has 0 aliphatic carbocycles. The van der Waals surface area contributed by atoms with Crippen molar-refractivity contribution in [3.63, 3.8) is 0 Å². The quantitative estimate of drug-likeness (QED) is 0.696. The highest BCUT2D eigenvalue weighted by Crippen LogP contribution is 2.14. The minimum absolute atomic E-state index is 0.0787. The third-order valence-electron chi connectivity index (χ3n) is 2.86. The first-order valence-electron chi connectivity index (χ1n) is 5.87. The Balaban J connectivity index is 2.02. The zero-order chi connectivity index (χ0) is 13.1. The molecule has 0 aromatic heterocycles. The van der Waals surface area contributed by atoms with Crippen molar-refractivity contribution >= 4 is 19.6 Å². The number of likely N-dealkylation sites (tertiary alicyclic amines) is 1. The Morgan fingerprint density at radius 3 is 2.78 bits per heavy atom. The predicted octanol–water partition coefficient (Wildman–Crippen LogP) is -0.654. The van der Waals surface area contributed by atoms with Gasteiger partial charge in [0.05, 0.1) is 6.10 Å². The molecule has 18 heavy (non-hydrogen) atoms. The molecule has 0 spiro atoms. The van der Waals surface area contributed by atoms with Crippen molar-refractivity contribution < 1.29 is 14.7 Å². The van der Waals surface area contributed by atoms with E-state index in [0.29, 0.717) is 25.2 Å². The van der Waals surface area contributed by atoms with Crippen molar-refractivity contribution in [3.05, 3.63) is 35.4 Å². The summed E-state index contributed by atoms with van der Waals surface area (Å²) in [7, 11) is 1.45. The van der Waals surface area contributed by atoms with Crippen molar-refractivity contribution in [3.8, 4) is 0 Å². The first-order chi connectivity index (χ1) is 8.56. The number of aliphatic hydroxyl groups excluding tert-OH is 1. The van der Waals surface area contributed by atoms with Crippen molar-refractivity contribution in [1.29, 1.82) is 0 Å². The normalized spacial score (nSPS) is 15.1. The number of nitrogens with zero attached hydrogens (tertiary/aromatic N) is 1. The third-order valence-corrected chi connectivity index (χ3v) is 2.86. The molecule has 2 amide bonds. The van der Waals surface area contributed by atoms with Crippen LogP contribution in [0, 0.1) is 0 Å². The van der Waals surface area contributed by atoms with E-state index in [2.05, 4.69) is 5.32 Å². The summed E-state index contributed by atoms with van der Waals surface area (Å²) in [5, 5.41) is 11.9. The Labute approximate surface area is 106 Å². The maximum atomic E-state index is 12.0. The maximum absolute atomic E-state index is 12.0. The van der Waals surface area contributed by atoms with E-state index in [9.17, 15) is 14.7 Å². The van der Waals surface area contributed by atoms with Crippen LogP contribution in [0.25, 0.3) is 0 Å². The highest BCUT2D eigenvalue weighted by Gasteiger charge is 2.29. The van der Waals surface area contributed by atoms with Gasteiger partial charge in [-0.25, -0.2) is 0 Å². The van der Waals surface area contributed by atoms with E-state index in [0.717, 1.165) is 5.56 Å². The van der Waals surface area contributed by atoms with Crippen LogP contribution in [-0.4, -0.2) is 48.8 Å². The molecule has 0 unspecified atom stereocenters. The van der Waals surface area contributed by atoms with Crippen LogP contribution in [-0.2, 0) is 6.54 Å². The third kappa shape index (κ3) is 2.90. The molecule has 2 rings (SSSR count). The minimum Gasteiger partial charge on any atom is -0.389 e. The Bertz CT molecular complexity index is 472. The van der Waals surface area contributed by atoms with E-state index < -0.39 is 6.10 Å². The smallest absolute Gasteiger partial charge is 0.254 e. The molecule has 1 aromatic rings. The van der Waals surface area contributed by atoms with E-state index in [1.165, 1.54) is 7.85 Å². The number of rotatable bonds is 3. The second kappa shape index (κ2) is 5.22. The Hall–Kier alpha value is -1.82. The number of β-amino-alcohol motifs (C(OH)–C–C–N with tert-alkyl or cyclic N) is 1. The van der Waals surface area contributed by atoms with Crippen LogP contribution in [0.4, 0.5) is 4.79 Å². The van der Waals surface area contributed by atoms with Gasteiger partial charge in [0.15, 0.2) is 5.81 Å². The average molecular weight is 246 g/mol. The molecule has 1 aliphatic heterocycles. The Kier molecular flexibility index (Phi) is 3.67. The summed E-state index contributed by atoms with van der Waals surface area (Å²) in [6.45, 7) is 1.21. The summed E-state index contributed by atoms with van der Waals surface area (Å²) in [5.41, 5.74) is 1.47. The fourth-order valence-corrected chi connectivity index (χ4v) is 1.84. The van der Waals surface area contributed by atoms with Gasteiger partial charge in [-0.1, -0.05) is 12.1 Å². The van der Waals surface area contributed by atoms with Crippen LogP contribution in [0.2, 0.25) is 0 Å². The van der Waals surface area contributed by atoms with Crippen LogP contribution in [0.3, 0.4) is 0 Å². The van der Waals surface area contributed by atoms with E-state index in [1.807, 2.05) is 6.07 Å². The van der Waals surface area contributed by atoms with Crippen LogP contribution in [0.1, 0.15) is 15.9 Å². The number of amides is 2. The van der Waals surface area contributed by atoms with Gasteiger partial charge in [0.25, 0.3) is 5.91 Å². The lowest BCUT2D eigenvalue weighted by atomic mass is 10.1. The highest BCUT2D eigenvalue weighted by atomic mass is 16.3. The van der Waals surface area contributed by atoms with Gasteiger partial charge in [-0.3, -0.25) is 9.59 Å². The van der Waals surface area contributed by atoms with Gasteiger partial charge < -0.3 is 15.3 Å². The molecule has 1 fully saturated rings. The summed E-state index contributed by atoms with van der Waals surface area (Å²) in [5.74, 6) is -0.178. The molecule has 5 nitrogen and oxygen atoms in total. The predicted molar refractivity (Wildman–Crippen MR) is 69.1 cm³/mol. The average Bonchev–Trinajstić information content (AvgIpc) is 2.32. The van der Waals surface area contributed by atoms with Gasteiger partial charge >= 0.3 is 0 Å². The number of benzene rings is 1. The Morgan fingerprint density at radius 2 is 2.17 bits per heavy atom. The summed E-state index contributed by atoms with van der Waals surface area (Å²) < 4.78 is 0. The highest BCUT2D eigenvalue weighted by molar-refractivity contribution is 6.57. The van der Waals surface area contributed by atoms with Crippen molar-refractivity contribution in [2.75, 3.05) is 13.1 Å². The molecule has 2 N–H and O–H groups in total. The summed E-state index contributed by atoms with van der Waals surface area (Å²) in [6, 6.07) is 7.16. The van der Waals surface area contributed by atoms with Gasteiger partial charge in [-0.2, -0.15) is 0 Å². The van der Waals surface area contributed by atoms with Gasteiger partial charge in [-0.15, -0.1) is 0 Å². The number of hydrogen-bond donors (Lipinski definition) is 2. The fourth-order valence-electron chi connectivity index (χ4n) is 1.84. The van der Waals surface area contributed by atoms with Crippen LogP contribution in [0.15, 0.2) is 24.3 Å². The van der Waals surface area contributed by atoms with E-state index in [-0.39, 0.29) is 11.7 Å². The molecule has 6 heteroatoms. The lowest BCUT2D eigenvalue weighted by Crippen LogP contribution is -2.53. The number of carbonyl (C=O) groups is 2. The van der Waals surface area contributed by atoms with Crippen LogP contribution < -0.4 is 5.32 Å². The number of aliphatic hydroxyl groups is 1. The molecule has 0 atom stereocenters. The van der Waals surface area contributed by atoms with Crippen LogP contribution in [0.5, 0.6) is 0 Å². The number of nitrogens with one attached hydrogen (secondary N) is 1. The topological polar surface area (TPSA) is 69.6 Å². The standard InChI is InChI=1S/C12H15BN2O3/c13-12(18)14-5-8-2-1-3-9(4-8)11(17)15-6-10(16)7-15/h1-4,10,16H,5-7,13H2,(H,14,18). The molecule has 0 bridgehead atoms. The molecular weight excluding hydrogens is 231 g/mol. The largest absolute Gasteiger partial charge is 0.389 e. The first kappa shape index (κ1) is 12.6. The second-order valence-corrected chi connectivity index (χ2v) is 4.47. The zero-order valence-electron chi connectivity index (χ0n) is 10.2. The van der Waals surface area contributed by atoms with E-state index in [4.69, 9.17) is 0 Å². The second-order valence-electron chi connectivity index (χ2n) is 4.47. The molecule has 0 saturated carbocycles. The molecule has 1 heterocycles. The fraction of sp³-hybridized carbons (Fsp3) is 0.333. The van der Waals surface area contributed by atoms with E-state index in [1.54, 1.807) is 23.1 Å². The monoisotopic (exact) mass is 246 g/mol.